The summed E-state index contributed by atoms with van der Waals surface area (Å²) in [5.74, 6) is 0.914. The van der Waals surface area contributed by atoms with Gasteiger partial charge >= 0.3 is 0 Å². The quantitative estimate of drug-likeness (QED) is 0.789. The molecule has 94 valence electrons. The van der Waals surface area contributed by atoms with Gasteiger partial charge in [0.2, 0.25) is 0 Å². The molecule has 2 fully saturated rings. The Kier molecular flexibility index (Phi) is 5.07. The minimum absolute atomic E-state index is 0.476. The van der Waals surface area contributed by atoms with Crippen molar-refractivity contribution in [3.8, 4) is 0 Å². The lowest BCUT2D eigenvalue weighted by atomic mass is 9.97. The molecule has 0 spiro atoms. The lowest BCUT2D eigenvalue weighted by Gasteiger charge is -2.30. The Morgan fingerprint density at radius 1 is 1.31 bits per heavy atom. The van der Waals surface area contributed by atoms with E-state index in [1.165, 1.54) is 45.4 Å². The van der Waals surface area contributed by atoms with Gasteiger partial charge in [-0.1, -0.05) is 6.92 Å². The number of rotatable bonds is 3. The van der Waals surface area contributed by atoms with Crippen LogP contribution in [0.25, 0.3) is 0 Å². The van der Waals surface area contributed by atoms with E-state index in [9.17, 15) is 0 Å². The highest BCUT2D eigenvalue weighted by molar-refractivity contribution is 4.75. The van der Waals surface area contributed by atoms with E-state index in [-0.39, 0.29) is 0 Å². The van der Waals surface area contributed by atoms with Crippen molar-refractivity contribution in [1.29, 1.82) is 0 Å². The third-order valence-electron chi connectivity index (χ3n) is 3.86. The maximum atomic E-state index is 5.82. The fourth-order valence-electron chi connectivity index (χ4n) is 2.81. The van der Waals surface area contributed by atoms with Crippen LogP contribution < -0.4 is 5.32 Å². The van der Waals surface area contributed by atoms with Gasteiger partial charge < -0.3 is 15.0 Å². The Morgan fingerprint density at radius 3 is 2.88 bits per heavy atom. The van der Waals surface area contributed by atoms with Crippen LogP contribution in [0.2, 0.25) is 0 Å². The first-order chi connectivity index (χ1) is 7.88. The molecule has 3 heteroatoms. The predicted octanol–water partition coefficient (Wildman–Crippen LogP) is 1.49. The van der Waals surface area contributed by atoms with Crippen LogP contribution in [0.4, 0.5) is 0 Å². The molecule has 0 aliphatic carbocycles. The third kappa shape index (κ3) is 3.72. The lowest BCUT2D eigenvalue weighted by molar-refractivity contribution is 0.0491. The first kappa shape index (κ1) is 12.3. The zero-order valence-corrected chi connectivity index (χ0v) is 10.6. The first-order valence-corrected chi connectivity index (χ1v) is 6.93. The molecule has 1 atom stereocenters. The molecule has 2 heterocycles. The van der Waals surface area contributed by atoms with E-state index in [1.807, 2.05) is 0 Å². The van der Waals surface area contributed by atoms with Crippen molar-refractivity contribution in [2.24, 2.45) is 5.92 Å². The lowest BCUT2D eigenvalue weighted by Crippen LogP contribution is -2.39. The molecule has 2 aliphatic rings. The minimum atomic E-state index is 0.476. The van der Waals surface area contributed by atoms with Crippen LogP contribution >= 0.6 is 0 Å². The number of hydrogen-bond acceptors (Lipinski definition) is 3. The Labute approximate surface area is 99.5 Å². The number of nitrogens with one attached hydrogen (secondary N) is 1. The largest absolute Gasteiger partial charge is 0.377 e. The Morgan fingerprint density at radius 2 is 2.12 bits per heavy atom. The molecule has 0 amide bonds. The SMILES string of the molecule is CCC1CN(CC2CCNCC2)CCCO1. The maximum absolute atomic E-state index is 5.82. The summed E-state index contributed by atoms with van der Waals surface area (Å²) in [6.07, 6.45) is 5.55. The van der Waals surface area contributed by atoms with Crippen LogP contribution in [-0.2, 0) is 4.74 Å². The summed E-state index contributed by atoms with van der Waals surface area (Å²) in [5.41, 5.74) is 0. The van der Waals surface area contributed by atoms with Crippen LogP contribution in [0.15, 0.2) is 0 Å². The van der Waals surface area contributed by atoms with E-state index < -0.39 is 0 Å². The molecule has 0 bridgehead atoms. The molecule has 1 N–H and O–H groups in total. The molecule has 0 radical (unpaired) electrons. The number of ether oxygens (including phenoxy) is 1. The maximum Gasteiger partial charge on any atom is 0.0699 e. The summed E-state index contributed by atoms with van der Waals surface area (Å²) in [6.45, 7) is 9.31. The molecular formula is C13H26N2O. The zero-order valence-electron chi connectivity index (χ0n) is 10.6. The summed E-state index contributed by atoms with van der Waals surface area (Å²) in [6, 6.07) is 0. The smallest absolute Gasteiger partial charge is 0.0699 e. The van der Waals surface area contributed by atoms with E-state index >= 15 is 0 Å². The minimum Gasteiger partial charge on any atom is -0.377 e. The molecule has 2 aliphatic heterocycles. The van der Waals surface area contributed by atoms with Gasteiger partial charge in [-0.2, -0.15) is 0 Å². The average molecular weight is 226 g/mol. The first-order valence-electron chi connectivity index (χ1n) is 6.93. The topological polar surface area (TPSA) is 24.5 Å². The van der Waals surface area contributed by atoms with E-state index in [4.69, 9.17) is 4.74 Å². The van der Waals surface area contributed by atoms with Gasteiger partial charge in [-0.25, -0.2) is 0 Å². The molecule has 0 aromatic carbocycles. The van der Waals surface area contributed by atoms with E-state index in [2.05, 4.69) is 17.1 Å². The Hall–Kier alpha value is -0.120. The zero-order chi connectivity index (χ0) is 11.2. The number of piperidine rings is 1. The van der Waals surface area contributed by atoms with Crippen LogP contribution in [0.3, 0.4) is 0 Å². The third-order valence-corrected chi connectivity index (χ3v) is 3.86. The van der Waals surface area contributed by atoms with Crippen molar-refractivity contribution < 1.29 is 4.74 Å². The van der Waals surface area contributed by atoms with Crippen molar-refractivity contribution in [3.05, 3.63) is 0 Å². The van der Waals surface area contributed by atoms with Gasteiger partial charge in [-0.15, -0.1) is 0 Å². The van der Waals surface area contributed by atoms with Gasteiger partial charge in [-0.05, 0) is 44.7 Å². The monoisotopic (exact) mass is 226 g/mol. The Balaban J connectivity index is 1.77. The van der Waals surface area contributed by atoms with Crippen molar-refractivity contribution in [1.82, 2.24) is 10.2 Å². The van der Waals surface area contributed by atoms with Crippen molar-refractivity contribution in [2.75, 3.05) is 39.3 Å². The molecule has 3 nitrogen and oxygen atoms in total. The van der Waals surface area contributed by atoms with Crippen LogP contribution in [-0.4, -0.2) is 50.3 Å². The van der Waals surface area contributed by atoms with E-state index in [0.29, 0.717) is 6.10 Å². The molecule has 16 heavy (non-hydrogen) atoms. The van der Waals surface area contributed by atoms with Crippen molar-refractivity contribution >= 4 is 0 Å². The molecule has 1 unspecified atom stereocenters. The second-order valence-electron chi connectivity index (χ2n) is 5.21. The fourth-order valence-corrected chi connectivity index (χ4v) is 2.81. The van der Waals surface area contributed by atoms with Crippen LogP contribution in [0.5, 0.6) is 0 Å². The van der Waals surface area contributed by atoms with Crippen molar-refractivity contribution in [2.45, 2.75) is 38.7 Å². The number of nitrogens with zero attached hydrogens (tertiary/aromatic N) is 1. The summed E-state index contributed by atoms with van der Waals surface area (Å²) < 4.78 is 5.82. The standard InChI is InChI=1S/C13H26N2O/c1-2-13-11-15(8-3-9-16-13)10-12-4-6-14-7-5-12/h12-14H,2-11H2,1H3. The predicted molar refractivity (Wildman–Crippen MR) is 66.7 cm³/mol. The average Bonchev–Trinajstić information content (AvgIpc) is 2.55. The van der Waals surface area contributed by atoms with Gasteiger partial charge in [-0.3, -0.25) is 0 Å². The normalized spacial score (nSPS) is 30.2. The van der Waals surface area contributed by atoms with Crippen LogP contribution in [0, 0.1) is 5.92 Å². The summed E-state index contributed by atoms with van der Waals surface area (Å²) in [4.78, 5) is 2.64. The highest BCUT2D eigenvalue weighted by Gasteiger charge is 2.21. The highest BCUT2D eigenvalue weighted by Crippen LogP contribution is 2.16. The van der Waals surface area contributed by atoms with Gasteiger partial charge in [0.15, 0.2) is 0 Å². The molecule has 0 aromatic rings. The van der Waals surface area contributed by atoms with Crippen molar-refractivity contribution in [3.63, 3.8) is 0 Å². The number of hydrogen-bond donors (Lipinski definition) is 1. The molecule has 2 rings (SSSR count). The fraction of sp³-hybridized carbons (Fsp3) is 1.00. The summed E-state index contributed by atoms with van der Waals surface area (Å²) in [5, 5.41) is 3.44. The van der Waals surface area contributed by atoms with Gasteiger partial charge in [0.1, 0.15) is 0 Å². The molecular weight excluding hydrogens is 200 g/mol. The second-order valence-corrected chi connectivity index (χ2v) is 5.21. The summed E-state index contributed by atoms with van der Waals surface area (Å²) >= 11 is 0. The van der Waals surface area contributed by atoms with E-state index in [1.54, 1.807) is 0 Å². The molecule has 2 saturated heterocycles. The highest BCUT2D eigenvalue weighted by atomic mass is 16.5. The molecule has 0 saturated carbocycles. The van der Waals surface area contributed by atoms with Gasteiger partial charge in [0.05, 0.1) is 6.10 Å². The van der Waals surface area contributed by atoms with Gasteiger partial charge in [0, 0.05) is 26.2 Å². The summed E-state index contributed by atoms with van der Waals surface area (Å²) in [7, 11) is 0. The van der Waals surface area contributed by atoms with Crippen LogP contribution in [0.1, 0.15) is 32.6 Å². The van der Waals surface area contributed by atoms with Gasteiger partial charge in [0.25, 0.3) is 0 Å². The Bertz CT molecular complexity index is 192. The second kappa shape index (κ2) is 6.58. The molecule has 0 aromatic heterocycles. The van der Waals surface area contributed by atoms with E-state index in [0.717, 1.165) is 25.5 Å².